The molecule has 0 unspecified atom stereocenters. The van der Waals surface area contributed by atoms with Crippen molar-refractivity contribution in [3.05, 3.63) is 69.9 Å². The maximum absolute atomic E-state index is 13.6. The Labute approximate surface area is 163 Å². The number of nitrogens with zero attached hydrogens (tertiary/aromatic N) is 2. The van der Waals surface area contributed by atoms with E-state index in [1.807, 2.05) is 24.3 Å². The summed E-state index contributed by atoms with van der Waals surface area (Å²) in [4.78, 5) is 16.7. The van der Waals surface area contributed by atoms with Crippen LogP contribution in [-0.2, 0) is 0 Å². The van der Waals surface area contributed by atoms with Crippen LogP contribution in [-0.4, -0.2) is 24.2 Å². The third kappa shape index (κ3) is 4.60. The Morgan fingerprint density at radius 1 is 1.26 bits per heavy atom. The second kappa shape index (κ2) is 8.61. The predicted octanol–water partition coefficient (Wildman–Crippen LogP) is 4.45. The average molecular weight is 405 g/mol. The van der Waals surface area contributed by atoms with Crippen LogP contribution >= 0.6 is 22.9 Å². The van der Waals surface area contributed by atoms with Crippen LogP contribution in [0.3, 0.4) is 0 Å². The molecule has 0 aliphatic rings. The molecule has 9 heteroatoms. The summed E-state index contributed by atoms with van der Waals surface area (Å²) in [6.45, 7) is 0. The molecule has 3 rings (SSSR count). The first kappa shape index (κ1) is 18.8. The van der Waals surface area contributed by atoms with Gasteiger partial charge >= 0.3 is 0 Å². The number of methoxy groups -OCH3 is 1. The Morgan fingerprint density at radius 2 is 2.00 bits per heavy atom. The molecule has 1 aromatic heterocycles. The van der Waals surface area contributed by atoms with E-state index in [4.69, 9.17) is 16.3 Å². The minimum atomic E-state index is -0.655. The van der Waals surface area contributed by atoms with Gasteiger partial charge in [-0.3, -0.25) is 4.79 Å². The highest BCUT2D eigenvalue weighted by Crippen LogP contribution is 2.31. The summed E-state index contributed by atoms with van der Waals surface area (Å²) in [5.74, 6) is -0.613. The highest BCUT2D eigenvalue weighted by molar-refractivity contribution is 7.17. The van der Waals surface area contributed by atoms with Gasteiger partial charge in [-0.25, -0.2) is 14.8 Å². The Bertz CT molecular complexity index is 993. The molecule has 138 valence electrons. The molecule has 0 spiro atoms. The summed E-state index contributed by atoms with van der Waals surface area (Å²) >= 11 is 7.35. The molecule has 2 N–H and O–H groups in total. The van der Waals surface area contributed by atoms with Crippen LogP contribution in [0.1, 0.15) is 15.2 Å². The van der Waals surface area contributed by atoms with Crippen LogP contribution in [0.5, 0.6) is 5.75 Å². The van der Waals surface area contributed by atoms with Crippen molar-refractivity contribution in [1.82, 2.24) is 10.4 Å². The topological polar surface area (TPSA) is 75.6 Å². The number of hydrogen-bond donors (Lipinski definition) is 2. The normalized spacial score (nSPS) is 10.8. The van der Waals surface area contributed by atoms with Crippen LogP contribution in [0.2, 0.25) is 5.15 Å². The fourth-order valence-corrected chi connectivity index (χ4v) is 3.21. The van der Waals surface area contributed by atoms with E-state index in [9.17, 15) is 9.18 Å². The highest BCUT2D eigenvalue weighted by Gasteiger charge is 2.11. The molecule has 0 aliphatic carbocycles. The van der Waals surface area contributed by atoms with E-state index in [2.05, 4.69) is 20.8 Å². The van der Waals surface area contributed by atoms with Gasteiger partial charge in [0.1, 0.15) is 11.6 Å². The SMILES string of the molecule is COc1ccccc1Nc1nc(Cl)c(/C=N/NC(=O)c2ccccc2F)s1. The van der Waals surface area contributed by atoms with E-state index in [-0.39, 0.29) is 10.7 Å². The number of ether oxygens (including phenoxy) is 1. The Hall–Kier alpha value is -2.97. The number of carbonyl (C=O) groups is 1. The summed E-state index contributed by atoms with van der Waals surface area (Å²) in [5, 5.41) is 7.69. The number of anilines is 2. The zero-order chi connectivity index (χ0) is 19.2. The monoisotopic (exact) mass is 404 g/mol. The van der Waals surface area contributed by atoms with Gasteiger partial charge in [0.25, 0.3) is 5.91 Å². The average Bonchev–Trinajstić information content (AvgIpc) is 3.01. The molecular weight excluding hydrogens is 391 g/mol. The Balaban J connectivity index is 1.69. The van der Waals surface area contributed by atoms with Crippen LogP contribution in [0, 0.1) is 5.82 Å². The number of hydrazone groups is 1. The molecule has 0 bridgehead atoms. The van der Waals surface area contributed by atoms with Crippen LogP contribution in [0.4, 0.5) is 15.2 Å². The molecule has 0 saturated carbocycles. The van der Waals surface area contributed by atoms with Gasteiger partial charge in [-0.15, -0.1) is 0 Å². The van der Waals surface area contributed by atoms with Gasteiger partial charge in [-0.2, -0.15) is 5.10 Å². The first-order valence-corrected chi connectivity index (χ1v) is 8.92. The molecule has 1 amide bonds. The van der Waals surface area contributed by atoms with Gasteiger partial charge in [0.15, 0.2) is 10.3 Å². The minimum absolute atomic E-state index is 0.0939. The molecule has 0 saturated heterocycles. The number of hydrogen-bond acceptors (Lipinski definition) is 6. The largest absolute Gasteiger partial charge is 0.495 e. The van der Waals surface area contributed by atoms with E-state index in [1.165, 1.54) is 35.8 Å². The zero-order valence-electron chi connectivity index (χ0n) is 14.1. The van der Waals surface area contributed by atoms with E-state index in [0.29, 0.717) is 15.8 Å². The number of carbonyl (C=O) groups excluding carboxylic acids is 1. The van der Waals surface area contributed by atoms with Crippen molar-refractivity contribution in [2.75, 3.05) is 12.4 Å². The van der Waals surface area contributed by atoms with E-state index in [0.717, 1.165) is 5.69 Å². The summed E-state index contributed by atoms with van der Waals surface area (Å²) in [6, 6.07) is 13.0. The Morgan fingerprint density at radius 3 is 2.78 bits per heavy atom. The van der Waals surface area contributed by atoms with Gasteiger partial charge < -0.3 is 10.1 Å². The molecule has 1 heterocycles. The fraction of sp³-hybridized carbons (Fsp3) is 0.0556. The molecule has 2 aromatic carbocycles. The molecule has 27 heavy (non-hydrogen) atoms. The van der Waals surface area contributed by atoms with Crippen molar-refractivity contribution < 1.29 is 13.9 Å². The maximum atomic E-state index is 13.6. The van der Waals surface area contributed by atoms with Crippen LogP contribution in [0.25, 0.3) is 0 Å². The molecule has 0 atom stereocenters. The lowest BCUT2D eigenvalue weighted by Gasteiger charge is -2.07. The highest BCUT2D eigenvalue weighted by atomic mass is 35.5. The van der Waals surface area contributed by atoms with Crippen molar-refractivity contribution in [3.8, 4) is 5.75 Å². The van der Waals surface area contributed by atoms with Crippen molar-refractivity contribution in [2.24, 2.45) is 5.10 Å². The van der Waals surface area contributed by atoms with Gasteiger partial charge in [0.2, 0.25) is 0 Å². The molecule has 0 aliphatic heterocycles. The summed E-state index contributed by atoms with van der Waals surface area (Å²) < 4.78 is 18.8. The number of para-hydroxylation sites is 2. The van der Waals surface area contributed by atoms with Crippen LogP contribution in [0.15, 0.2) is 53.6 Å². The maximum Gasteiger partial charge on any atom is 0.274 e. The quantitative estimate of drug-likeness (QED) is 0.470. The lowest BCUT2D eigenvalue weighted by atomic mass is 10.2. The number of nitrogens with one attached hydrogen (secondary N) is 2. The smallest absolute Gasteiger partial charge is 0.274 e. The lowest BCUT2D eigenvalue weighted by Crippen LogP contribution is -2.18. The first-order chi connectivity index (χ1) is 13.1. The molecule has 3 aromatic rings. The number of halogens is 2. The standard InChI is InChI=1S/C18H14ClFN4O2S/c1-26-14-9-5-4-8-13(14)22-18-23-16(19)15(27-18)10-21-24-17(25)11-6-2-3-7-12(11)20/h2-10H,1H3,(H,22,23)(H,24,25)/b21-10+. The second-order valence-electron chi connectivity index (χ2n) is 5.18. The third-order valence-electron chi connectivity index (χ3n) is 3.42. The van der Waals surface area contributed by atoms with E-state index < -0.39 is 11.7 Å². The third-order valence-corrected chi connectivity index (χ3v) is 4.73. The van der Waals surface area contributed by atoms with Crippen molar-refractivity contribution in [1.29, 1.82) is 0 Å². The van der Waals surface area contributed by atoms with Crippen molar-refractivity contribution in [3.63, 3.8) is 0 Å². The lowest BCUT2D eigenvalue weighted by molar-refractivity contribution is 0.0951. The van der Waals surface area contributed by atoms with Crippen LogP contribution < -0.4 is 15.5 Å². The van der Waals surface area contributed by atoms with Gasteiger partial charge in [0.05, 0.1) is 29.5 Å². The molecule has 0 fully saturated rings. The minimum Gasteiger partial charge on any atom is -0.495 e. The number of thiazole rings is 1. The summed E-state index contributed by atoms with van der Waals surface area (Å²) in [5.41, 5.74) is 2.91. The number of aromatic nitrogens is 1. The van der Waals surface area contributed by atoms with Gasteiger partial charge in [0, 0.05) is 0 Å². The number of benzene rings is 2. The number of amides is 1. The molecular formula is C18H14ClFN4O2S. The van der Waals surface area contributed by atoms with Crippen molar-refractivity contribution in [2.45, 2.75) is 0 Å². The zero-order valence-corrected chi connectivity index (χ0v) is 15.6. The molecule has 0 radical (unpaired) electrons. The van der Waals surface area contributed by atoms with Gasteiger partial charge in [-0.05, 0) is 24.3 Å². The predicted molar refractivity (Wildman–Crippen MR) is 105 cm³/mol. The van der Waals surface area contributed by atoms with Crippen molar-refractivity contribution >= 4 is 45.9 Å². The summed E-state index contributed by atoms with van der Waals surface area (Å²) in [7, 11) is 1.58. The first-order valence-electron chi connectivity index (χ1n) is 7.73. The molecule has 6 nitrogen and oxygen atoms in total. The number of rotatable bonds is 6. The van der Waals surface area contributed by atoms with E-state index in [1.54, 1.807) is 13.2 Å². The Kier molecular flexibility index (Phi) is 6.00. The fourth-order valence-electron chi connectivity index (χ4n) is 2.16. The second-order valence-corrected chi connectivity index (χ2v) is 6.57. The van der Waals surface area contributed by atoms with E-state index >= 15 is 0 Å². The summed E-state index contributed by atoms with van der Waals surface area (Å²) in [6.07, 6.45) is 1.35. The van der Waals surface area contributed by atoms with Gasteiger partial charge in [-0.1, -0.05) is 47.2 Å².